The van der Waals surface area contributed by atoms with Gasteiger partial charge in [0, 0.05) is 0 Å². The Morgan fingerprint density at radius 3 is 2.07 bits per heavy atom. The van der Waals surface area contributed by atoms with Crippen LogP contribution in [0.2, 0.25) is 0 Å². The van der Waals surface area contributed by atoms with Crippen molar-refractivity contribution in [2.45, 2.75) is 52.4 Å². The maximum absolute atomic E-state index is 12.3. The molecule has 2 rings (SSSR count). The number of carbonyl (C=O) groups excluding carboxylic acids is 1. The molecule has 0 fully saturated rings. The molecule has 7 heteroatoms. The summed E-state index contributed by atoms with van der Waals surface area (Å²) in [5.74, 6) is 0. The molecule has 0 aromatic heterocycles. The minimum absolute atomic E-state index is 0.0266. The fourth-order valence-electron chi connectivity index (χ4n) is 2.68. The Hall–Kier alpha value is -2.38. The van der Waals surface area contributed by atoms with Crippen molar-refractivity contribution < 1.29 is 22.1 Å². The lowest BCUT2D eigenvalue weighted by molar-refractivity contribution is 0.0503. The van der Waals surface area contributed by atoms with E-state index in [1.165, 1.54) is 5.56 Å². The van der Waals surface area contributed by atoms with E-state index < -0.39 is 21.8 Å². The van der Waals surface area contributed by atoms with Crippen LogP contribution in [0.4, 0.5) is 4.79 Å². The number of nitrogens with one attached hydrogen (secondary N) is 1. The van der Waals surface area contributed by atoms with Crippen LogP contribution in [-0.2, 0) is 32.1 Å². The molecule has 0 bridgehead atoms. The summed E-state index contributed by atoms with van der Waals surface area (Å²) in [6.45, 7) is 7.45. The van der Waals surface area contributed by atoms with Crippen LogP contribution in [0.25, 0.3) is 0 Å². The molecule has 0 saturated carbocycles. The molecule has 1 amide bonds. The number of carbonyl (C=O) groups is 1. The molecule has 29 heavy (non-hydrogen) atoms. The first kappa shape index (κ1) is 22.9. The van der Waals surface area contributed by atoms with Gasteiger partial charge in [0.05, 0.1) is 18.9 Å². The number of hydrogen-bond donors (Lipinski definition) is 1. The van der Waals surface area contributed by atoms with Crippen LogP contribution in [0.3, 0.4) is 0 Å². The topological polar surface area (TPSA) is 81.7 Å². The summed E-state index contributed by atoms with van der Waals surface area (Å²) in [5.41, 5.74) is 3.28. The van der Waals surface area contributed by atoms with E-state index in [4.69, 9.17) is 8.92 Å². The Balaban J connectivity index is 2.18. The highest BCUT2D eigenvalue weighted by molar-refractivity contribution is 7.85. The minimum Gasteiger partial charge on any atom is -0.444 e. The number of hydrogen-bond acceptors (Lipinski definition) is 5. The molecule has 0 aliphatic carbocycles. The zero-order chi connectivity index (χ0) is 21.7. The van der Waals surface area contributed by atoms with Crippen molar-refractivity contribution in [3.63, 3.8) is 0 Å². The number of benzene rings is 2. The molecule has 0 spiro atoms. The van der Waals surface area contributed by atoms with Gasteiger partial charge >= 0.3 is 6.09 Å². The maximum atomic E-state index is 12.3. The first-order chi connectivity index (χ1) is 13.4. The van der Waals surface area contributed by atoms with Crippen molar-refractivity contribution in [2.75, 3.05) is 6.26 Å². The van der Waals surface area contributed by atoms with Crippen LogP contribution in [0.5, 0.6) is 0 Å². The Morgan fingerprint density at radius 1 is 1.00 bits per heavy atom. The lowest BCUT2D eigenvalue weighted by Gasteiger charge is -2.24. The average molecular weight is 420 g/mol. The van der Waals surface area contributed by atoms with Gasteiger partial charge in [-0.3, -0.25) is 4.18 Å². The third-order valence-corrected chi connectivity index (χ3v) is 4.62. The van der Waals surface area contributed by atoms with E-state index >= 15 is 0 Å². The standard InChI is InChI=1S/C22H29NO5S/c1-16-6-8-17(9-7-16)14-20(23-21(24)28-22(2,3)4)19-12-10-18(11-13-19)15-27-29(5,25)26/h6-13,20H,14-15H2,1-5H3,(H,23,24). The Morgan fingerprint density at radius 2 is 1.55 bits per heavy atom. The molecule has 0 aliphatic heterocycles. The molecule has 0 aliphatic rings. The van der Waals surface area contributed by atoms with Crippen LogP contribution in [0.1, 0.15) is 49.1 Å². The molecule has 2 aromatic carbocycles. The van der Waals surface area contributed by atoms with E-state index in [1.54, 1.807) is 12.1 Å². The number of ether oxygens (including phenoxy) is 1. The SMILES string of the molecule is Cc1ccc(CC(NC(=O)OC(C)(C)C)c2ccc(COS(C)(=O)=O)cc2)cc1. The van der Waals surface area contributed by atoms with E-state index in [0.29, 0.717) is 6.42 Å². The molecule has 1 atom stereocenters. The van der Waals surface area contributed by atoms with Crippen LogP contribution >= 0.6 is 0 Å². The zero-order valence-corrected chi connectivity index (χ0v) is 18.4. The lowest BCUT2D eigenvalue weighted by Crippen LogP contribution is -2.35. The summed E-state index contributed by atoms with van der Waals surface area (Å²) in [6, 6.07) is 15.1. The summed E-state index contributed by atoms with van der Waals surface area (Å²) in [7, 11) is -3.50. The van der Waals surface area contributed by atoms with Gasteiger partial charge in [-0.25, -0.2) is 4.79 Å². The van der Waals surface area contributed by atoms with Gasteiger partial charge in [0.2, 0.25) is 0 Å². The van der Waals surface area contributed by atoms with E-state index in [-0.39, 0.29) is 12.6 Å². The monoisotopic (exact) mass is 419 g/mol. The Labute approximate surface area is 173 Å². The molecule has 158 valence electrons. The van der Waals surface area contributed by atoms with Crippen molar-refractivity contribution in [3.8, 4) is 0 Å². The third-order valence-electron chi connectivity index (χ3n) is 4.07. The molecule has 1 unspecified atom stereocenters. The number of rotatable bonds is 7. The van der Waals surface area contributed by atoms with Crippen LogP contribution in [0.15, 0.2) is 48.5 Å². The van der Waals surface area contributed by atoms with Gasteiger partial charge in [0.1, 0.15) is 5.60 Å². The predicted molar refractivity (Wildman–Crippen MR) is 113 cm³/mol. The molecule has 0 radical (unpaired) electrons. The van der Waals surface area contributed by atoms with Gasteiger partial charge in [-0.15, -0.1) is 0 Å². The fraction of sp³-hybridized carbons (Fsp3) is 0.409. The molecule has 1 N–H and O–H groups in total. The van der Waals surface area contributed by atoms with Gasteiger partial charge in [-0.05, 0) is 50.8 Å². The smallest absolute Gasteiger partial charge is 0.408 e. The zero-order valence-electron chi connectivity index (χ0n) is 17.6. The molecular formula is C22H29NO5S. The Kier molecular flexibility index (Phi) is 7.43. The lowest BCUT2D eigenvalue weighted by atomic mass is 9.97. The largest absolute Gasteiger partial charge is 0.444 e. The highest BCUT2D eigenvalue weighted by atomic mass is 32.2. The van der Waals surface area contributed by atoms with Crippen molar-refractivity contribution in [1.29, 1.82) is 0 Å². The summed E-state index contributed by atoms with van der Waals surface area (Å²) in [4.78, 5) is 12.3. The fourth-order valence-corrected chi connectivity index (χ4v) is 3.03. The normalized spacial score (nSPS) is 13.0. The maximum Gasteiger partial charge on any atom is 0.408 e. The van der Waals surface area contributed by atoms with E-state index in [9.17, 15) is 13.2 Å². The molecule has 0 heterocycles. The Bertz CT molecular complexity index is 913. The van der Waals surface area contributed by atoms with Crippen molar-refractivity contribution in [1.82, 2.24) is 5.32 Å². The summed E-state index contributed by atoms with van der Waals surface area (Å²) >= 11 is 0. The molecular weight excluding hydrogens is 390 g/mol. The van der Waals surface area contributed by atoms with Crippen molar-refractivity contribution >= 4 is 16.2 Å². The highest BCUT2D eigenvalue weighted by Gasteiger charge is 2.21. The predicted octanol–water partition coefficient (Wildman–Crippen LogP) is 4.28. The van der Waals surface area contributed by atoms with Crippen LogP contribution in [-0.4, -0.2) is 26.4 Å². The second kappa shape index (κ2) is 9.41. The third kappa shape index (κ3) is 8.66. The number of amides is 1. The summed E-state index contributed by atoms with van der Waals surface area (Å²) in [6.07, 6.45) is 1.13. The second-order valence-electron chi connectivity index (χ2n) is 8.10. The first-order valence-electron chi connectivity index (χ1n) is 9.39. The van der Waals surface area contributed by atoms with Crippen molar-refractivity contribution in [3.05, 3.63) is 70.8 Å². The van der Waals surface area contributed by atoms with Crippen LogP contribution < -0.4 is 5.32 Å². The number of aryl methyl sites for hydroxylation is 1. The minimum atomic E-state index is -3.50. The van der Waals surface area contributed by atoms with Crippen molar-refractivity contribution in [2.24, 2.45) is 0 Å². The first-order valence-corrected chi connectivity index (χ1v) is 11.2. The highest BCUT2D eigenvalue weighted by Crippen LogP contribution is 2.21. The molecule has 2 aromatic rings. The van der Waals surface area contributed by atoms with E-state index in [1.807, 2.05) is 64.1 Å². The average Bonchev–Trinajstić information content (AvgIpc) is 2.59. The molecule has 0 saturated heterocycles. The summed E-state index contributed by atoms with van der Waals surface area (Å²) < 4.78 is 32.6. The quantitative estimate of drug-likeness (QED) is 0.678. The second-order valence-corrected chi connectivity index (χ2v) is 9.74. The van der Waals surface area contributed by atoms with E-state index in [0.717, 1.165) is 22.9 Å². The van der Waals surface area contributed by atoms with Gasteiger partial charge in [-0.2, -0.15) is 8.42 Å². The van der Waals surface area contributed by atoms with Gasteiger partial charge in [0.15, 0.2) is 0 Å². The number of alkyl carbamates (subject to hydrolysis) is 1. The van der Waals surface area contributed by atoms with E-state index in [2.05, 4.69) is 5.32 Å². The summed E-state index contributed by atoms with van der Waals surface area (Å²) in [5, 5.41) is 2.94. The van der Waals surface area contributed by atoms with Gasteiger partial charge in [0.25, 0.3) is 10.1 Å². The van der Waals surface area contributed by atoms with Crippen LogP contribution in [0, 0.1) is 6.92 Å². The van der Waals surface area contributed by atoms with Gasteiger partial charge in [-0.1, -0.05) is 54.1 Å². The van der Waals surface area contributed by atoms with Gasteiger partial charge < -0.3 is 10.1 Å². The molecule has 6 nitrogen and oxygen atoms in total.